The normalized spacial score (nSPS) is 14.4. The molecule has 25 heavy (non-hydrogen) atoms. The second-order valence-corrected chi connectivity index (χ2v) is 6.40. The maximum absolute atomic E-state index is 12.2. The summed E-state index contributed by atoms with van der Waals surface area (Å²) in [6, 6.07) is 7.12. The third kappa shape index (κ3) is 4.23. The van der Waals surface area contributed by atoms with E-state index in [2.05, 4.69) is 10.1 Å². The molecule has 0 aliphatic carbocycles. The van der Waals surface area contributed by atoms with E-state index in [1.807, 2.05) is 19.9 Å². The summed E-state index contributed by atoms with van der Waals surface area (Å²) >= 11 is 0. The number of carbonyl (C=O) groups excluding carboxylic acids is 2. The number of carbonyl (C=O) groups is 2. The molecule has 3 rings (SSSR count). The lowest BCUT2D eigenvalue weighted by atomic mass is 10.1. The zero-order valence-corrected chi connectivity index (χ0v) is 14.4. The van der Waals surface area contributed by atoms with E-state index in [0.29, 0.717) is 24.4 Å². The van der Waals surface area contributed by atoms with Crippen LogP contribution in [0.15, 0.2) is 28.8 Å². The fraction of sp³-hybridized carbons (Fsp3) is 0.444. The molecule has 0 atom stereocenters. The van der Waals surface area contributed by atoms with Crippen LogP contribution in [0.5, 0.6) is 0 Å². The molecule has 7 heteroatoms. The van der Waals surface area contributed by atoms with Crippen LogP contribution in [0, 0.1) is 0 Å². The van der Waals surface area contributed by atoms with Gasteiger partial charge >= 0.3 is 5.97 Å². The molecule has 0 N–H and O–H groups in total. The first-order valence-electron chi connectivity index (χ1n) is 8.39. The summed E-state index contributed by atoms with van der Waals surface area (Å²) in [5.74, 6) is 0.710. The van der Waals surface area contributed by atoms with Crippen molar-refractivity contribution in [3.63, 3.8) is 0 Å². The van der Waals surface area contributed by atoms with Crippen molar-refractivity contribution < 1.29 is 18.8 Å². The van der Waals surface area contributed by atoms with Crippen LogP contribution in [0.2, 0.25) is 0 Å². The summed E-state index contributed by atoms with van der Waals surface area (Å²) in [6.07, 6.45) is 1.49. The molecule has 2 heterocycles. The highest BCUT2D eigenvalue weighted by Gasteiger charge is 2.20. The lowest BCUT2D eigenvalue weighted by Gasteiger charge is -2.15. The molecule has 1 aromatic heterocycles. The average molecular weight is 343 g/mol. The van der Waals surface area contributed by atoms with Gasteiger partial charge in [0, 0.05) is 25.4 Å². The molecule has 1 aliphatic rings. The Balaban J connectivity index is 1.59. The maximum Gasteiger partial charge on any atom is 0.338 e. The minimum Gasteiger partial charge on any atom is -0.452 e. The molecular weight excluding hydrogens is 322 g/mol. The van der Waals surface area contributed by atoms with Gasteiger partial charge in [-0.05, 0) is 24.1 Å². The molecule has 0 radical (unpaired) electrons. The van der Waals surface area contributed by atoms with Gasteiger partial charge in [-0.25, -0.2) is 4.79 Å². The van der Waals surface area contributed by atoms with Crippen molar-refractivity contribution in [1.29, 1.82) is 0 Å². The molecule has 132 valence electrons. The number of hydrogen-bond donors (Lipinski definition) is 0. The fourth-order valence-electron chi connectivity index (χ4n) is 2.66. The van der Waals surface area contributed by atoms with Gasteiger partial charge in [0.15, 0.2) is 12.4 Å². The first-order chi connectivity index (χ1) is 12.0. The van der Waals surface area contributed by atoms with Crippen molar-refractivity contribution in [3.8, 4) is 0 Å². The number of likely N-dealkylation sites (tertiary alicyclic amines) is 1. The van der Waals surface area contributed by atoms with Crippen LogP contribution in [0.1, 0.15) is 60.2 Å². The minimum atomic E-state index is -0.459. The topological polar surface area (TPSA) is 85.5 Å². The second kappa shape index (κ2) is 7.46. The van der Waals surface area contributed by atoms with Gasteiger partial charge in [0.1, 0.15) is 0 Å². The Labute approximate surface area is 146 Å². The van der Waals surface area contributed by atoms with Gasteiger partial charge < -0.3 is 14.2 Å². The van der Waals surface area contributed by atoms with E-state index >= 15 is 0 Å². The predicted molar refractivity (Wildman–Crippen MR) is 88.6 cm³/mol. The quantitative estimate of drug-likeness (QED) is 0.750. The van der Waals surface area contributed by atoms with Crippen molar-refractivity contribution >= 4 is 11.9 Å². The smallest absolute Gasteiger partial charge is 0.338 e. The average Bonchev–Trinajstić information content (AvgIpc) is 3.23. The molecule has 0 unspecified atom stereocenters. The van der Waals surface area contributed by atoms with Crippen molar-refractivity contribution in [2.75, 3.05) is 6.54 Å². The lowest BCUT2D eigenvalue weighted by molar-refractivity contribution is -0.128. The van der Waals surface area contributed by atoms with Gasteiger partial charge in [-0.3, -0.25) is 4.79 Å². The molecular formula is C18H21N3O4. The first kappa shape index (κ1) is 17.1. The highest BCUT2D eigenvalue weighted by atomic mass is 16.6. The van der Waals surface area contributed by atoms with Gasteiger partial charge in [0.2, 0.25) is 5.91 Å². The molecule has 0 saturated carbocycles. The third-order valence-corrected chi connectivity index (χ3v) is 4.03. The molecule has 1 amide bonds. The monoisotopic (exact) mass is 343 g/mol. The largest absolute Gasteiger partial charge is 0.452 e. The first-order valence-corrected chi connectivity index (χ1v) is 8.39. The zero-order valence-electron chi connectivity index (χ0n) is 14.4. The predicted octanol–water partition coefficient (Wildman–Crippen LogP) is 2.67. The minimum absolute atomic E-state index is 0.0621. The number of rotatable bonds is 6. The Kier molecular flexibility index (Phi) is 5.11. The SMILES string of the molecule is CC(C)c1noc(COC(=O)c2cccc(CN3CCCC3=O)c2)n1. The van der Waals surface area contributed by atoms with Crippen molar-refractivity contribution in [3.05, 3.63) is 47.1 Å². The van der Waals surface area contributed by atoms with E-state index in [4.69, 9.17) is 9.26 Å². The van der Waals surface area contributed by atoms with Crippen molar-refractivity contribution in [1.82, 2.24) is 15.0 Å². The van der Waals surface area contributed by atoms with E-state index in [1.165, 1.54) is 0 Å². The summed E-state index contributed by atoms with van der Waals surface area (Å²) in [7, 11) is 0. The number of ether oxygens (including phenoxy) is 1. The zero-order chi connectivity index (χ0) is 17.8. The standard InChI is InChI=1S/C18H21N3O4/c1-12(2)17-19-15(25-20-17)11-24-18(23)14-6-3-5-13(9-14)10-21-8-4-7-16(21)22/h3,5-6,9,12H,4,7-8,10-11H2,1-2H3. The maximum atomic E-state index is 12.2. The van der Waals surface area contributed by atoms with Crippen LogP contribution in [0.25, 0.3) is 0 Å². The van der Waals surface area contributed by atoms with Crippen LogP contribution in [-0.2, 0) is 22.7 Å². The molecule has 7 nitrogen and oxygen atoms in total. The Hall–Kier alpha value is -2.70. The number of esters is 1. The molecule has 1 fully saturated rings. The Morgan fingerprint density at radius 3 is 2.92 bits per heavy atom. The van der Waals surface area contributed by atoms with Crippen LogP contribution >= 0.6 is 0 Å². The van der Waals surface area contributed by atoms with Gasteiger partial charge in [-0.2, -0.15) is 4.98 Å². The third-order valence-electron chi connectivity index (χ3n) is 4.03. The van der Waals surface area contributed by atoms with E-state index in [1.54, 1.807) is 23.1 Å². The lowest BCUT2D eigenvalue weighted by Crippen LogP contribution is -2.23. The summed E-state index contributed by atoms with van der Waals surface area (Å²) < 4.78 is 10.3. The number of amides is 1. The van der Waals surface area contributed by atoms with E-state index in [9.17, 15) is 9.59 Å². The molecule has 1 saturated heterocycles. The van der Waals surface area contributed by atoms with Gasteiger partial charge in [0.25, 0.3) is 5.89 Å². The Morgan fingerprint density at radius 1 is 1.40 bits per heavy atom. The van der Waals surface area contributed by atoms with Crippen LogP contribution in [0.3, 0.4) is 0 Å². The Morgan fingerprint density at radius 2 is 2.24 bits per heavy atom. The van der Waals surface area contributed by atoms with Crippen LogP contribution < -0.4 is 0 Å². The van der Waals surface area contributed by atoms with Crippen LogP contribution in [0.4, 0.5) is 0 Å². The summed E-state index contributed by atoms with van der Waals surface area (Å²) in [5.41, 5.74) is 1.34. The highest BCUT2D eigenvalue weighted by Crippen LogP contribution is 2.16. The molecule has 1 aromatic carbocycles. The summed E-state index contributed by atoms with van der Waals surface area (Å²) in [6.45, 7) is 5.13. The van der Waals surface area contributed by atoms with Crippen molar-refractivity contribution in [2.45, 2.75) is 45.8 Å². The molecule has 1 aliphatic heterocycles. The Bertz CT molecular complexity index is 769. The van der Waals surface area contributed by atoms with Gasteiger partial charge in [0.05, 0.1) is 5.56 Å². The van der Waals surface area contributed by atoms with Crippen molar-refractivity contribution in [2.24, 2.45) is 0 Å². The fourth-order valence-corrected chi connectivity index (χ4v) is 2.66. The second-order valence-electron chi connectivity index (χ2n) is 6.40. The van der Waals surface area contributed by atoms with E-state index in [-0.39, 0.29) is 24.3 Å². The molecule has 2 aromatic rings. The molecule has 0 spiro atoms. The summed E-state index contributed by atoms with van der Waals surface area (Å²) in [5, 5.41) is 3.83. The number of nitrogens with zero attached hydrogens (tertiary/aromatic N) is 3. The number of aromatic nitrogens is 2. The van der Waals surface area contributed by atoms with Crippen LogP contribution in [-0.4, -0.2) is 33.5 Å². The van der Waals surface area contributed by atoms with E-state index in [0.717, 1.165) is 18.5 Å². The summed E-state index contributed by atoms with van der Waals surface area (Å²) in [4.78, 5) is 29.9. The number of hydrogen-bond acceptors (Lipinski definition) is 6. The van der Waals surface area contributed by atoms with Gasteiger partial charge in [-0.1, -0.05) is 31.1 Å². The number of benzene rings is 1. The van der Waals surface area contributed by atoms with Gasteiger partial charge in [-0.15, -0.1) is 0 Å². The van der Waals surface area contributed by atoms with E-state index < -0.39 is 5.97 Å². The molecule has 0 bridgehead atoms. The highest BCUT2D eigenvalue weighted by molar-refractivity contribution is 5.89.